The summed E-state index contributed by atoms with van der Waals surface area (Å²) in [7, 11) is 0. The highest BCUT2D eigenvalue weighted by Crippen LogP contribution is 2.14. The minimum absolute atomic E-state index is 0.00184. The molecule has 0 aromatic rings. The van der Waals surface area contributed by atoms with Crippen molar-refractivity contribution in [2.24, 2.45) is 11.8 Å². The van der Waals surface area contributed by atoms with Gasteiger partial charge >= 0.3 is 5.97 Å². The molecule has 0 aromatic carbocycles. The summed E-state index contributed by atoms with van der Waals surface area (Å²) in [4.78, 5) is 22.3. The Kier molecular flexibility index (Phi) is 10.2. The predicted molar refractivity (Wildman–Crippen MR) is 73.9 cm³/mol. The highest BCUT2D eigenvalue weighted by atomic mass is 16.5. The fourth-order valence-electron chi connectivity index (χ4n) is 1.91. The second kappa shape index (κ2) is 10.8. The lowest BCUT2D eigenvalue weighted by Gasteiger charge is -2.17. The number of carbonyl (C=O) groups excluding carboxylic acids is 1. The number of hydrogen-bond acceptors (Lipinski definition) is 3. The normalized spacial score (nSPS) is 12.4. The van der Waals surface area contributed by atoms with E-state index in [-0.39, 0.29) is 18.2 Å². The number of hydrogen-bond donors (Lipinski definition) is 2. The molecule has 5 heteroatoms. The molecule has 5 nitrogen and oxygen atoms in total. The van der Waals surface area contributed by atoms with Gasteiger partial charge in [-0.25, -0.2) is 0 Å². The van der Waals surface area contributed by atoms with Crippen LogP contribution in [-0.4, -0.2) is 36.7 Å². The van der Waals surface area contributed by atoms with E-state index < -0.39 is 5.97 Å². The Morgan fingerprint density at radius 1 is 1.26 bits per heavy atom. The Balaban J connectivity index is 3.88. The number of amides is 1. The van der Waals surface area contributed by atoms with Crippen LogP contribution < -0.4 is 5.32 Å². The summed E-state index contributed by atoms with van der Waals surface area (Å²) >= 11 is 0. The fraction of sp³-hybridized carbons (Fsp3) is 0.857. The van der Waals surface area contributed by atoms with Crippen LogP contribution >= 0.6 is 0 Å². The summed E-state index contributed by atoms with van der Waals surface area (Å²) in [5, 5.41) is 11.6. The van der Waals surface area contributed by atoms with Crippen LogP contribution in [0.25, 0.3) is 0 Å². The molecular weight excluding hydrogens is 246 g/mol. The number of carboxylic acid groups (broad SMARTS) is 1. The van der Waals surface area contributed by atoms with Crippen LogP contribution in [0.2, 0.25) is 0 Å². The summed E-state index contributed by atoms with van der Waals surface area (Å²) in [5.74, 6) is -0.464. The zero-order chi connectivity index (χ0) is 14.7. The molecule has 0 fully saturated rings. The number of aliphatic carboxylic acids is 1. The number of nitrogens with one attached hydrogen (secondary N) is 1. The molecule has 112 valence electrons. The third-order valence-electron chi connectivity index (χ3n) is 2.68. The number of rotatable bonds is 11. The van der Waals surface area contributed by atoms with Crippen molar-refractivity contribution in [2.45, 2.75) is 46.5 Å². The molecule has 1 amide bonds. The van der Waals surface area contributed by atoms with Gasteiger partial charge in [0.25, 0.3) is 0 Å². The first-order valence-corrected chi connectivity index (χ1v) is 7.01. The molecule has 0 saturated carbocycles. The van der Waals surface area contributed by atoms with Gasteiger partial charge in [0, 0.05) is 26.0 Å². The highest BCUT2D eigenvalue weighted by Gasteiger charge is 2.15. The Morgan fingerprint density at radius 3 is 2.47 bits per heavy atom. The standard InChI is InChI=1S/C14H27NO4/c1-4-6-19-7-5-13(16)15-10-12(8-11(2)3)9-14(17)18/h11-12H,4-10H2,1-3H3,(H,15,16)(H,17,18)/t12-/m0/s1. The van der Waals surface area contributed by atoms with Crippen LogP contribution in [-0.2, 0) is 14.3 Å². The average molecular weight is 273 g/mol. The molecule has 2 N–H and O–H groups in total. The van der Waals surface area contributed by atoms with Crippen LogP contribution in [0.15, 0.2) is 0 Å². The van der Waals surface area contributed by atoms with Gasteiger partial charge in [-0.2, -0.15) is 0 Å². The van der Waals surface area contributed by atoms with Crippen molar-refractivity contribution in [2.75, 3.05) is 19.8 Å². The Morgan fingerprint density at radius 2 is 1.95 bits per heavy atom. The van der Waals surface area contributed by atoms with E-state index in [1.807, 2.05) is 6.92 Å². The molecule has 0 saturated heterocycles. The van der Waals surface area contributed by atoms with Crippen molar-refractivity contribution in [3.8, 4) is 0 Å². The van der Waals surface area contributed by atoms with Gasteiger partial charge in [0.2, 0.25) is 5.91 Å². The first-order chi connectivity index (χ1) is 8.95. The van der Waals surface area contributed by atoms with E-state index in [0.717, 1.165) is 12.8 Å². The first kappa shape index (κ1) is 17.9. The lowest BCUT2D eigenvalue weighted by Crippen LogP contribution is -2.31. The van der Waals surface area contributed by atoms with Crippen molar-refractivity contribution in [1.29, 1.82) is 0 Å². The largest absolute Gasteiger partial charge is 0.481 e. The summed E-state index contributed by atoms with van der Waals surface area (Å²) < 4.78 is 5.23. The molecular formula is C14H27NO4. The summed E-state index contributed by atoms with van der Waals surface area (Å²) in [6.45, 7) is 7.64. The Hall–Kier alpha value is -1.10. The van der Waals surface area contributed by atoms with Gasteiger partial charge < -0.3 is 15.2 Å². The predicted octanol–water partition coefficient (Wildman–Crippen LogP) is 2.06. The van der Waals surface area contributed by atoms with Crippen molar-refractivity contribution >= 4 is 11.9 Å². The van der Waals surface area contributed by atoms with Gasteiger partial charge in [-0.3, -0.25) is 9.59 Å². The first-order valence-electron chi connectivity index (χ1n) is 7.01. The van der Waals surface area contributed by atoms with Crippen molar-refractivity contribution < 1.29 is 19.4 Å². The average Bonchev–Trinajstić information content (AvgIpc) is 2.30. The molecule has 0 radical (unpaired) electrons. The Labute approximate surface area is 115 Å². The van der Waals surface area contributed by atoms with E-state index in [4.69, 9.17) is 9.84 Å². The van der Waals surface area contributed by atoms with E-state index in [1.165, 1.54) is 0 Å². The Bertz CT molecular complexity index is 266. The zero-order valence-electron chi connectivity index (χ0n) is 12.3. The van der Waals surface area contributed by atoms with Crippen LogP contribution in [0.1, 0.15) is 46.5 Å². The van der Waals surface area contributed by atoms with Gasteiger partial charge in [0.1, 0.15) is 0 Å². The molecule has 0 aliphatic heterocycles. The molecule has 1 atom stereocenters. The second-order valence-electron chi connectivity index (χ2n) is 5.26. The van der Waals surface area contributed by atoms with Crippen LogP contribution in [0, 0.1) is 11.8 Å². The van der Waals surface area contributed by atoms with E-state index in [2.05, 4.69) is 19.2 Å². The second-order valence-corrected chi connectivity index (χ2v) is 5.26. The maximum Gasteiger partial charge on any atom is 0.303 e. The monoisotopic (exact) mass is 273 g/mol. The molecule has 19 heavy (non-hydrogen) atoms. The van der Waals surface area contributed by atoms with Crippen molar-refractivity contribution in [3.05, 3.63) is 0 Å². The molecule has 0 aliphatic rings. The van der Waals surface area contributed by atoms with E-state index in [1.54, 1.807) is 0 Å². The minimum atomic E-state index is -0.814. The molecule has 0 bridgehead atoms. The molecule has 0 unspecified atom stereocenters. The molecule has 0 aliphatic carbocycles. The van der Waals surface area contributed by atoms with Gasteiger partial charge in [-0.05, 0) is 24.7 Å². The third-order valence-corrected chi connectivity index (χ3v) is 2.68. The summed E-state index contributed by atoms with van der Waals surface area (Å²) in [5.41, 5.74) is 0. The van der Waals surface area contributed by atoms with Gasteiger partial charge in [0.15, 0.2) is 0 Å². The minimum Gasteiger partial charge on any atom is -0.481 e. The van der Waals surface area contributed by atoms with Crippen LogP contribution in [0.4, 0.5) is 0 Å². The topological polar surface area (TPSA) is 75.6 Å². The van der Waals surface area contributed by atoms with Gasteiger partial charge in [0.05, 0.1) is 6.61 Å². The zero-order valence-corrected chi connectivity index (χ0v) is 12.3. The lowest BCUT2D eigenvalue weighted by molar-refractivity contribution is -0.138. The fourth-order valence-corrected chi connectivity index (χ4v) is 1.91. The van der Waals surface area contributed by atoms with Gasteiger partial charge in [-0.15, -0.1) is 0 Å². The van der Waals surface area contributed by atoms with Gasteiger partial charge in [-0.1, -0.05) is 20.8 Å². The molecule has 0 heterocycles. The number of ether oxygens (including phenoxy) is 1. The third kappa shape index (κ3) is 11.7. The number of carboxylic acids is 1. The maximum atomic E-state index is 11.5. The SMILES string of the molecule is CCCOCCC(=O)NC[C@H](CC(=O)O)CC(C)C. The van der Waals surface area contributed by atoms with Crippen LogP contribution in [0.5, 0.6) is 0 Å². The summed E-state index contributed by atoms with van der Waals surface area (Å²) in [6.07, 6.45) is 2.18. The van der Waals surface area contributed by atoms with Crippen LogP contribution in [0.3, 0.4) is 0 Å². The molecule has 0 aromatic heterocycles. The molecule has 0 rings (SSSR count). The highest BCUT2D eigenvalue weighted by molar-refractivity contribution is 5.76. The van der Waals surface area contributed by atoms with E-state index >= 15 is 0 Å². The van der Waals surface area contributed by atoms with E-state index in [0.29, 0.717) is 32.1 Å². The van der Waals surface area contributed by atoms with Crippen molar-refractivity contribution in [3.63, 3.8) is 0 Å². The molecule has 0 spiro atoms. The lowest BCUT2D eigenvalue weighted by atomic mass is 9.94. The quantitative estimate of drug-likeness (QED) is 0.565. The van der Waals surface area contributed by atoms with E-state index in [9.17, 15) is 9.59 Å². The van der Waals surface area contributed by atoms with Crippen molar-refractivity contribution in [1.82, 2.24) is 5.32 Å². The smallest absolute Gasteiger partial charge is 0.303 e. The summed E-state index contributed by atoms with van der Waals surface area (Å²) in [6, 6.07) is 0. The maximum absolute atomic E-state index is 11.5. The number of carbonyl (C=O) groups is 2.